The summed E-state index contributed by atoms with van der Waals surface area (Å²) >= 11 is 7.33. The number of rotatable bonds is 4. The molecule has 0 radical (unpaired) electrons. The first-order chi connectivity index (χ1) is 7.83. The van der Waals surface area contributed by atoms with Crippen molar-refractivity contribution in [2.24, 2.45) is 0 Å². The van der Waals surface area contributed by atoms with Gasteiger partial charge in [-0.25, -0.2) is 4.98 Å². The van der Waals surface area contributed by atoms with E-state index >= 15 is 0 Å². The zero-order chi connectivity index (χ0) is 11.4. The molecule has 0 aliphatic heterocycles. The summed E-state index contributed by atoms with van der Waals surface area (Å²) in [6.45, 7) is 0. The third kappa shape index (κ3) is 2.54. The number of thiazole rings is 1. The van der Waals surface area contributed by atoms with E-state index in [4.69, 9.17) is 16.3 Å². The fourth-order valence-electron chi connectivity index (χ4n) is 1.42. The quantitative estimate of drug-likeness (QED) is 0.777. The maximum atomic E-state index is 5.69. The zero-order valence-electron chi connectivity index (χ0n) is 8.94. The first kappa shape index (κ1) is 11.4. The van der Waals surface area contributed by atoms with E-state index < -0.39 is 0 Å². The lowest BCUT2D eigenvalue weighted by atomic mass is 10.2. The van der Waals surface area contributed by atoms with E-state index in [1.54, 1.807) is 18.4 Å². The number of ether oxygens (including phenoxy) is 1. The SMILES string of the molecule is COc1cccc(-c2csc(CCCl)n2)c1. The Kier molecular flexibility index (Phi) is 3.80. The minimum Gasteiger partial charge on any atom is -0.497 e. The van der Waals surface area contributed by atoms with Crippen molar-refractivity contribution in [3.05, 3.63) is 34.7 Å². The van der Waals surface area contributed by atoms with Gasteiger partial charge < -0.3 is 4.74 Å². The smallest absolute Gasteiger partial charge is 0.119 e. The lowest BCUT2D eigenvalue weighted by Crippen LogP contribution is -1.86. The highest BCUT2D eigenvalue weighted by molar-refractivity contribution is 7.10. The van der Waals surface area contributed by atoms with Gasteiger partial charge in [0.05, 0.1) is 17.8 Å². The van der Waals surface area contributed by atoms with Gasteiger partial charge in [0.15, 0.2) is 0 Å². The monoisotopic (exact) mass is 253 g/mol. The van der Waals surface area contributed by atoms with Crippen LogP contribution in [0.5, 0.6) is 5.75 Å². The molecule has 0 bridgehead atoms. The molecule has 0 saturated heterocycles. The van der Waals surface area contributed by atoms with Gasteiger partial charge in [-0.1, -0.05) is 12.1 Å². The normalized spacial score (nSPS) is 10.4. The Balaban J connectivity index is 2.27. The van der Waals surface area contributed by atoms with E-state index in [9.17, 15) is 0 Å². The number of benzene rings is 1. The molecule has 4 heteroatoms. The molecule has 1 heterocycles. The summed E-state index contributed by atoms with van der Waals surface area (Å²) in [6, 6.07) is 7.91. The van der Waals surface area contributed by atoms with Gasteiger partial charge in [-0.05, 0) is 12.1 Å². The van der Waals surface area contributed by atoms with Crippen molar-refractivity contribution < 1.29 is 4.74 Å². The molecule has 2 aromatic rings. The van der Waals surface area contributed by atoms with Gasteiger partial charge in [0.25, 0.3) is 0 Å². The Bertz CT molecular complexity index is 470. The van der Waals surface area contributed by atoms with Gasteiger partial charge in [-0.2, -0.15) is 0 Å². The van der Waals surface area contributed by atoms with Crippen molar-refractivity contribution in [2.75, 3.05) is 13.0 Å². The number of hydrogen-bond donors (Lipinski definition) is 0. The Morgan fingerprint density at radius 1 is 1.44 bits per heavy atom. The van der Waals surface area contributed by atoms with Crippen molar-refractivity contribution >= 4 is 22.9 Å². The van der Waals surface area contributed by atoms with Gasteiger partial charge in [-0.15, -0.1) is 22.9 Å². The number of methoxy groups -OCH3 is 1. The summed E-state index contributed by atoms with van der Waals surface area (Å²) in [6.07, 6.45) is 0.830. The Labute approximate surface area is 104 Å². The van der Waals surface area contributed by atoms with Crippen molar-refractivity contribution in [3.63, 3.8) is 0 Å². The maximum Gasteiger partial charge on any atom is 0.119 e. The second-order valence-electron chi connectivity index (χ2n) is 3.30. The Morgan fingerprint density at radius 2 is 2.31 bits per heavy atom. The lowest BCUT2D eigenvalue weighted by Gasteiger charge is -2.01. The fraction of sp³-hybridized carbons (Fsp3) is 0.250. The molecule has 2 nitrogen and oxygen atoms in total. The fourth-order valence-corrected chi connectivity index (χ4v) is 2.52. The second-order valence-corrected chi connectivity index (χ2v) is 4.62. The number of aromatic nitrogens is 1. The third-order valence-corrected chi connectivity index (χ3v) is 3.32. The number of halogens is 1. The third-order valence-electron chi connectivity index (χ3n) is 2.23. The van der Waals surface area contributed by atoms with Crippen LogP contribution >= 0.6 is 22.9 Å². The zero-order valence-corrected chi connectivity index (χ0v) is 10.5. The molecule has 0 N–H and O–H groups in total. The van der Waals surface area contributed by atoms with Crippen LogP contribution in [0.25, 0.3) is 11.3 Å². The summed E-state index contributed by atoms with van der Waals surface area (Å²) in [4.78, 5) is 4.52. The van der Waals surface area contributed by atoms with Crippen LogP contribution < -0.4 is 4.74 Å². The van der Waals surface area contributed by atoms with Crippen LogP contribution in [0, 0.1) is 0 Å². The number of aryl methyl sites for hydroxylation is 1. The van der Waals surface area contributed by atoms with Crippen LogP contribution in [-0.4, -0.2) is 18.0 Å². The molecule has 0 spiro atoms. The predicted octanol–water partition coefficient (Wildman–Crippen LogP) is 3.60. The molecule has 0 aliphatic carbocycles. The molecule has 84 valence electrons. The molecule has 0 atom stereocenters. The minimum absolute atomic E-state index is 0.616. The maximum absolute atomic E-state index is 5.69. The van der Waals surface area contributed by atoms with Crippen molar-refractivity contribution in [1.29, 1.82) is 0 Å². The highest BCUT2D eigenvalue weighted by Crippen LogP contribution is 2.25. The average molecular weight is 254 g/mol. The van der Waals surface area contributed by atoms with Crippen LogP contribution in [0.3, 0.4) is 0 Å². The molecular formula is C12H12ClNOS. The topological polar surface area (TPSA) is 22.1 Å². The van der Waals surface area contributed by atoms with Crippen LogP contribution in [0.1, 0.15) is 5.01 Å². The van der Waals surface area contributed by atoms with E-state index in [0.29, 0.717) is 5.88 Å². The van der Waals surface area contributed by atoms with Crippen LogP contribution in [0.4, 0.5) is 0 Å². The first-order valence-corrected chi connectivity index (χ1v) is 6.39. The van der Waals surface area contributed by atoms with Crippen LogP contribution in [0.2, 0.25) is 0 Å². The molecular weight excluding hydrogens is 242 g/mol. The summed E-state index contributed by atoms with van der Waals surface area (Å²) in [5.41, 5.74) is 2.07. The Morgan fingerprint density at radius 3 is 3.06 bits per heavy atom. The van der Waals surface area contributed by atoms with Crippen LogP contribution in [-0.2, 0) is 6.42 Å². The van der Waals surface area contributed by atoms with Gasteiger partial charge in [0.2, 0.25) is 0 Å². The largest absolute Gasteiger partial charge is 0.497 e. The van der Waals surface area contributed by atoms with Gasteiger partial charge in [0.1, 0.15) is 5.75 Å². The molecule has 16 heavy (non-hydrogen) atoms. The van der Waals surface area contributed by atoms with E-state index in [-0.39, 0.29) is 0 Å². The van der Waals surface area contributed by atoms with E-state index in [2.05, 4.69) is 10.4 Å². The lowest BCUT2D eigenvalue weighted by molar-refractivity contribution is 0.415. The summed E-state index contributed by atoms with van der Waals surface area (Å²) in [5, 5.41) is 3.13. The molecule has 0 fully saturated rings. The number of alkyl halides is 1. The molecule has 0 amide bonds. The van der Waals surface area contributed by atoms with Crippen LogP contribution in [0.15, 0.2) is 29.6 Å². The summed E-state index contributed by atoms with van der Waals surface area (Å²) in [5.74, 6) is 1.47. The number of hydrogen-bond acceptors (Lipinski definition) is 3. The van der Waals surface area contributed by atoms with E-state index in [1.165, 1.54) is 0 Å². The Hall–Kier alpha value is -1.06. The average Bonchev–Trinajstić information content (AvgIpc) is 2.78. The predicted molar refractivity (Wildman–Crippen MR) is 68.5 cm³/mol. The molecule has 1 aromatic heterocycles. The molecule has 0 aliphatic rings. The number of nitrogens with zero attached hydrogens (tertiary/aromatic N) is 1. The van der Waals surface area contributed by atoms with E-state index in [1.807, 2.05) is 24.3 Å². The van der Waals surface area contributed by atoms with Crippen molar-refractivity contribution in [1.82, 2.24) is 4.98 Å². The van der Waals surface area contributed by atoms with Gasteiger partial charge in [-0.3, -0.25) is 0 Å². The van der Waals surface area contributed by atoms with Crippen molar-refractivity contribution in [3.8, 4) is 17.0 Å². The molecule has 0 unspecified atom stereocenters. The standard InChI is InChI=1S/C12H12ClNOS/c1-15-10-4-2-3-9(7-10)11-8-16-12(14-11)5-6-13/h2-4,7-8H,5-6H2,1H3. The summed E-state index contributed by atoms with van der Waals surface area (Å²) in [7, 11) is 1.67. The van der Waals surface area contributed by atoms with Crippen molar-refractivity contribution in [2.45, 2.75) is 6.42 Å². The molecule has 2 rings (SSSR count). The molecule has 1 aromatic carbocycles. The minimum atomic E-state index is 0.616. The highest BCUT2D eigenvalue weighted by atomic mass is 35.5. The van der Waals surface area contributed by atoms with E-state index in [0.717, 1.165) is 28.4 Å². The second kappa shape index (κ2) is 5.32. The van der Waals surface area contributed by atoms with Gasteiger partial charge >= 0.3 is 0 Å². The highest BCUT2D eigenvalue weighted by Gasteiger charge is 2.04. The molecule has 0 saturated carbocycles. The summed E-state index contributed by atoms with van der Waals surface area (Å²) < 4.78 is 5.19. The first-order valence-electron chi connectivity index (χ1n) is 4.98. The van der Waals surface area contributed by atoms with Gasteiger partial charge in [0, 0.05) is 23.2 Å².